The Kier molecular flexibility index (Phi) is 5.00. The third-order valence-corrected chi connectivity index (χ3v) is 3.05. The van der Waals surface area contributed by atoms with E-state index in [1.165, 1.54) is 6.07 Å². The highest BCUT2D eigenvalue weighted by molar-refractivity contribution is 6.17. The highest BCUT2D eigenvalue weighted by Gasteiger charge is 2.16. The zero-order valence-electron chi connectivity index (χ0n) is 11.4. The fraction of sp³-hybridized carbons (Fsp3) is 0.200. The molecular formula is C15H14ClNO4. The zero-order valence-corrected chi connectivity index (χ0v) is 12.2. The fourth-order valence-electron chi connectivity index (χ4n) is 1.77. The van der Waals surface area contributed by atoms with Crippen molar-refractivity contribution in [3.63, 3.8) is 0 Å². The third-order valence-electron chi connectivity index (χ3n) is 2.74. The van der Waals surface area contributed by atoms with Gasteiger partial charge in [0.2, 0.25) is 5.75 Å². The highest BCUT2D eigenvalue weighted by atomic mass is 35.5. The topological polar surface area (TPSA) is 61.6 Å². The summed E-state index contributed by atoms with van der Waals surface area (Å²) in [6.07, 6.45) is 0. The van der Waals surface area contributed by atoms with Crippen molar-refractivity contribution in [2.24, 2.45) is 0 Å². The molecule has 0 bridgehead atoms. The maximum Gasteiger partial charge on any atom is 0.311 e. The van der Waals surface area contributed by atoms with Gasteiger partial charge in [-0.1, -0.05) is 6.07 Å². The molecule has 6 heteroatoms. The molecule has 0 heterocycles. The highest BCUT2D eigenvalue weighted by Crippen LogP contribution is 2.33. The maximum absolute atomic E-state index is 11.1. The number of halogens is 1. The van der Waals surface area contributed by atoms with E-state index in [2.05, 4.69) is 0 Å². The SMILES string of the molecule is CCOc1ccc(Oc2ccc(CCl)cc2[N+](=O)[O-])cc1. The lowest BCUT2D eigenvalue weighted by atomic mass is 10.2. The summed E-state index contributed by atoms with van der Waals surface area (Å²) in [4.78, 5) is 10.6. The molecule has 0 aromatic heterocycles. The second-order valence-electron chi connectivity index (χ2n) is 4.20. The first-order valence-electron chi connectivity index (χ1n) is 6.38. The van der Waals surface area contributed by atoms with E-state index in [1.807, 2.05) is 6.92 Å². The monoisotopic (exact) mass is 307 g/mol. The van der Waals surface area contributed by atoms with E-state index in [9.17, 15) is 10.1 Å². The summed E-state index contributed by atoms with van der Waals surface area (Å²) in [5, 5.41) is 11.1. The molecule has 5 nitrogen and oxygen atoms in total. The van der Waals surface area contributed by atoms with Gasteiger partial charge in [-0.2, -0.15) is 0 Å². The molecule has 0 N–H and O–H groups in total. The first kappa shape index (κ1) is 15.1. The molecule has 110 valence electrons. The van der Waals surface area contributed by atoms with Gasteiger partial charge in [-0.05, 0) is 42.8 Å². The summed E-state index contributed by atoms with van der Waals surface area (Å²) in [5.74, 6) is 1.61. The molecule has 0 fully saturated rings. The molecule has 21 heavy (non-hydrogen) atoms. The number of alkyl halides is 1. The van der Waals surface area contributed by atoms with Crippen LogP contribution in [0, 0.1) is 10.1 Å². The van der Waals surface area contributed by atoms with Gasteiger partial charge in [0.1, 0.15) is 11.5 Å². The van der Waals surface area contributed by atoms with Gasteiger partial charge in [-0.15, -0.1) is 11.6 Å². The number of benzene rings is 2. The van der Waals surface area contributed by atoms with E-state index < -0.39 is 4.92 Å². The van der Waals surface area contributed by atoms with Crippen molar-refractivity contribution in [1.82, 2.24) is 0 Å². The summed E-state index contributed by atoms with van der Waals surface area (Å²) in [5.41, 5.74) is 0.560. The Morgan fingerprint density at radius 2 is 1.81 bits per heavy atom. The maximum atomic E-state index is 11.1. The number of ether oxygens (including phenoxy) is 2. The number of rotatable bonds is 6. The number of nitrogens with zero attached hydrogens (tertiary/aromatic N) is 1. The van der Waals surface area contributed by atoms with Gasteiger partial charge in [-0.3, -0.25) is 10.1 Å². The van der Waals surface area contributed by atoms with Crippen molar-refractivity contribution >= 4 is 17.3 Å². The van der Waals surface area contributed by atoms with Crippen LogP contribution in [0.4, 0.5) is 5.69 Å². The Morgan fingerprint density at radius 1 is 1.14 bits per heavy atom. The van der Waals surface area contributed by atoms with Gasteiger partial charge >= 0.3 is 5.69 Å². The summed E-state index contributed by atoms with van der Waals surface area (Å²) in [7, 11) is 0. The van der Waals surface area contributed by atoms with Crippen LogP contribution in [-0.4, -0.2) is 11.5 Å². The molecule has 0 aliphatic rings. The number of hydrogen-bond acceptors (Lipinski definition) is 4. The molecule has 0 saturated heterocycles. The van der Waals surface area contributed by atoms with Crippen molar-refractivity contribution in [3.8, 4) is 17.2 Å². The summed E-state index contributed by atoms with van der Waals surface area (Å²) in [6, 6.07) is 11.6. The average Bonchev–Trinajstić information content (AvgIpc) is 2.49. The van der Waals surface area contributed by atoms with E-state index in [0.717, 1.165) is 5.75 Å². The second-order valence-corrected chi connectivity index (χ2v) is 4.47. The summed E-state index contributed by atoms with van der Waals surface area (Å²) in [6.45, 7) is 2.47. The number of nitro groups is 1. The molecule has 0 atom stereocenters. The molecule has 2 rings (SSSR count). The molecular weight excluding hydrogens is 294 g/mol. The largest absolute Gasteiger partial charge is 0.494 e. The van der Waals surface area contributed by atoms with Crippen LogP contribution in [0.1, 0.15) is 12.5 Å². The van der Waals surface area contributed by atoms with Crippen LogP contribution < -0.4 is 9.47 Å². The Labute approximate surface area is 127 Å². The first-order chi connectivity index (χ1) is 10.1. The lowest BCUT2D eigenvalue weighted by Gasteiger charge is -2.08. The van der Waals surface area contributed by atoms with Crippen molar-refractivity contribution < 1.29 is 14.4 Å². The van der Waals surface area contributed by atoms with Crippen LogP contribution >= 0.6 is 11.6 Å². The van der Waals surface area contributed by atoms with Crippen LogP contribution in [0.15, 0.2) is 42.5 Å². The van der Waals surface area contributed by atoms with Gasteiger partial charge in [0.25, 0.3) is 0 Å². The molecule has 0 aliphatic carbocycles. The number of nitro benzene ring substituents is 1. The van der Waals surface area contributed by atoms with Gasteiger partial charge in [0.15, 0.2) is 0 Å². The summed E-state index contributed by atoms with van der Waals surface area (Å²) >= 11 is 5.69. The Morgan fingerprint density at radius 3 is 2.38 bits per heavy atom. The lowest BCUT2D eigenvalue weighted by Crippen LogP contribution is -1.95. The van der Waals surface area contributed by atoms with Crippen LogP contribution in [0.5, 0.6) is 17.2 Å². The van der Waals surface area contributed by atoms with Crippen molar-refractivity contribution in [2.75, 3.05) is 6.61 Å². The minimum atomic E-state index is -0.486. The molecule has 0 saturated carbocycles. The standard InChI is InChI=1S/C15H14ClNO4/c1-2-20-12-4-6-13(7-5-12)21-15-8-3-11(10-16)9-14(15)17(18)19/h3-9H,2,10H2,1H3. The predicted molar refractivity (Wildman–Crippen MR) is 80.3 cm³/mol. The minimum Gasteiger partial charge on any atom is -0.494 e. The van der Waals surface area contributed by atoms with E-state index >= 15 is 0 Å². The van der Waals surface area contributed by atoms with Crippen LogP contribution in [0.2, 0.25) is 0 Å². The van der Waals surface area contributed by atoms with Crippen LogP contribution in [0.25, 0.3) is 0 Å². The van der Waals surface area contributed by atoms with Gasteiger partial charge < -0.3 is 9.47 Å². The van der Waals surface area contributed by atoms with Crippen LogP contribution in [-0.2, 0) is 5.88 Å². The average molecular weight is 308 g/mol. The van der Waals surface area contributed by atoms with Crippen LogP contribution in [0.3, 0.4) is 0 Å². The van der Waals surface area contributed by atoms with Crippen molar-refractivity contribution in [1.29, 1.82) is 0 Å². The smallest absolute Gasteiger partial charge is 0.311 e. The molecule has 2 aromatic rings. The quantitative estimate of drug-likeness (QED) is 0.447. The van der Waals surface area contributed by atoms with E-state index in [0.29, 0.717) is 17.9 Å². The molecule has 0 radical (unpaired) electrons. The molecule has 2 aromatic carbocycles. The van der Waals surface area contributed by atoms with Gasteiger partial charge in [-0.25, -0.2) is 0 Å². The molecule has 0 aliphatic heterocycles. The van der Waals surface area contributed by atoms with E-state index in [1.54, 1.807) is 36.4 Å². The Hall–Kier alpha value is -2.27. The van der Waals surface area contributed by atoms with Gasteiger partial charge in [0.05, 0.1) is 11.5 Å². The molecule has 0 unspecified atom stereocenters. The second kappa shape index (κ2) is 6.95. The Bertz CT molecular complexity index is 628. The fourth-order valence-corrected chi connectivity index (χ4v) is 1.94. The lowest BCUT2D eigenvalue weighted by molar-refractivity contribution is -0.385. The minimum absolute atomic E-state index is 0.109. The first-order valence-corrected chi connectivity index (χ1v) is 6.91. The third kappa shape index (κ3) is 3.86. The summed E-state index contributed by atoms with van der Waals surface area (Å²) < 4.78 is 10.9. The zero-order chi connectivity index (χ0) is 15.2. The predicted octanol–water partition coefficient (Wildman–Crippen LogP) is 4.52. The number of hydrogen-bond donors (Lipinski definition) is 0. The van der Waals surface area contributed by atoms with Crippen molar-refractivity contribution in [2.45, 2.75) is 12.8 Å². The molecule has 0 amide bonds. The molecule has 0 spiro atoms. The van der Waals surface area contributed by atoms with Gasteiger partial charge in [0, 0.05) is 11.9 Å². The van der Waals surface area contributed by atoms with E-state index in [-0.39, 0.29) is 17.3 Å². The normalized spacial score (nSPS) is 10.2. The Balaban J connectivity index is 2.24. The van der Waals surface area contributed by atoms with E-state index in [4.69, 9.17) is 21.1 Å². The van der Waals surface area contributed by atoms with Crippen molar-refractivity contribution in [3.05, 3.63) is 58.1 Å².